The van der Waals surface area contributed by atoms with Crippen LogP contribution >= 0.6 is 15.9 Å². The maximum Gasteiger partial charge on any atom is 0.170 e. The average Bonchev–Trinajstić information content (AvgIpc) is 2.27. The topological polar surface area (TPSA) is 26.3 Å². The fourth-order valence-corrected chi connectivity index (χ4v) is 2.24. The first-order chi connectivity index (χ1) is 7.61. The van der Waals surface area contributed by atoms with Gasteiger partial charge < -0.3 is 4.74 Å². The zero-order valence-electron chi connectivity index (χ0n) is 9.50. The summed E-state index contributed by atoms with van der Waals surface area (Å²) in [4.78, 5) is 11.9. The van der Waals surface area contributed by atoms with Crippen LogP contribution in [0.15, 0.2) is 22.7 Å². The van der Waals surface area contributed by atoms with Crippen molar-refractivity contribution in [3.63, 3.8) is 0 Å². The van der Waals surface area contributed by atoms with Gasteiger partial charge in [0.15, 0.2) is 5.78 Å². The number of ether oxygens (including phenoxy) is 1. The fraction of sp³-hybridized carbons (Fsp3) is 0.462. The summed E-state index contributed by atoms with van der Waals surface area (Å²) in [5.74, 6) is 1.33. The summed E-state index contributed by atoms with van der Waals surface area (Å²) in [5.41, 5.74) is 0.711. The van der Waals surface area contributed by atoms with Crippen LogP contribution in [-0.4, -0.2) is 11.9 Å². The minimum atomic E-state index is 0.0271. The number of hydrogen-bond acceptors (Lipinski definition) is 2. The lowest BCUT2D eigenvalue weighted by Crippen LogP contribution is -2.32. The van der Waals surface area contributed by atoms with E-state index in [0.717, 1.165) is 16.6 Å². The normalized spacial score (nSPS) is 21.2. The first-order valence-corrected chi connectivity index (χ1v) is 6.40. The molecule has 0 amide bonds. The Morgan fingerprint density at radius 2 is 2.31 bits per heavy atom. The van der Waals surface area contributed by atoms with Gasteiger partial charge in [-0.3, -0.25) is 4.79 Å². The molecule has 2 atom stereocenters. The highest BCUT2D eigenvalue weighted by Gasteiger charge is 2.29. The Kier molecular flexibility index (Phi) is 3.33. The second-order valence-corrected chi connectivity index (χ2v) is 5.23. The quantitative estimate of drug-likeness (QED) is 0.824. The maximum absolute atomic E-state index is 11.9. The van der Waals surface area contributed by atoms with Crippen molar-refractivity contribution in [2.75, 3.05) is 0 Å². The van der Waals surface area contributed by atoms with Crippen LogP contribution in [0.5, 0.6) is 5.75 Å². The lowest BCUT2D eigenvalue weighted by molar-refractivity contribution is 0.0747. The van der Waals surface area contributed by atoms with Crippen LogP contribution in [0, 0.1) is 5.92 Å². The largest absolute Gasteiger partial charge is 0.489 e. The molecule has 16 heavy (non-hydrogen) atoms. The summed E-state index contributed by atoms with van der Waals surface area (Å²) in [5, 5.41) is 0. The maximum atomic E-state index is 11.9. The predicted molar refractivity (Wildman–Crippen MR) is 67.0 cm³/mol. The second-order valence-electron chi connectivity index (χ2n) is 4.31. The third-order valence-electron chi connectivity index (χ3n) is 3.19. The van der Waals surface area contributed by atoms with E-state index in [1.54, 1.807) is 0 Å². The third-order valence-corrected chi connectivity index (χ3v) is 3.68. The molecule has 0 saturated carbocycles. The van der Waals surface area contributed by atoms with Crippen molar-refractivity contribution < 1.29 is 9.53 Å². The minimum Gasteiger partial charge on any atom is -0.489 e. The molecule has 2 nitrogen and oxygen atoms in total. The standard InChI is InChI=1S/C13H15BrO2/c1-3-8(2)12-7-11(15)10-5-4-9(14)6-13(10)16-12/h4-6,8,12H,3,7H2,1-2H3. The van der Waals surface area contributed by atoms with E-state index in [2.05, 4.69) is 29.8 Å². The van der Waals surface area contributed by atoms with Crippen molar-refractivity contribution in [3.05, 3.63) is 28.2 Å². The number of ketones is 1. The second kappa shape index (κ2) is 4.58. The van der Waals surface area contributed by atoms with Crippen LogP contribution in [0.1, 0.15) is 37.0 Å². The predicted octanol–water partition coefficient (Wildman–Crippen LogP) is 3.83. The van der Waals surface area contributed by atoms with E-state index in [4.69, 9.17) is 4.74 Å². The molecule has 0 N–H and O–H groups in total. The number of carbonyl (C=O) groups is 1. The number of carbonyl (C=O) groups excluding carboxylic acids is 1. The molecule has 0 aromatic heterocycles. The Balaban J connectivity index is 2.31. The van der Waals surface area contributed by atoms with E-state index in [0.29, 0.717) is 17.9 Å². The number of fused-ring (bicyclic) bond motifs is 1. The van der Waals surface area contributed by atoms with Gasteiger partial charge in [0.05, 0.1) is 5.56 Å². The van der Waals surface area contributed by atoms with E-state index < -0.39 is 0 Å². The molecule has 1 heterocycles. The smallest absolute Gasteiger partial charge is 0.170 e. The van der Waals surface area contributed by atoms with Crippen molar-refractivity contribution >= 4 is 21.7 Å². The molecule has 3 heteroatoms. The van der Waals surface area contributed by atoms with Crippen LogP contribution < -0.4 is 4.74 Å². The number of rotatable bonds is 2. The minimum absolute atomic E-state index is 0.0271. The van der Waals surface area contributed by atoms with Crippen molar-refractivity contribution in [1.29, 1.82) is 0 Å². The first-order valence-electron chi connectivity index (χ1n) is 5.61. The molecule has 1 aromatic carbocycles. The summed E-state index contributed by atoms with van der Waals surface area (Å²) in [7, 11) is 0. The Hall–Kier alpha value is -0.830. The monoisotopic (exact) mass is 282 g/mol. The Morgan fingerprint density at radius 3 is 3.00 bits per heavy atom. The van der Waals surface area contributed by atoms with Crippen LogP contribution in [0.3, 0.4) is 0 Å². The zero-order chi connectivity index (χ0) is 11.7. The van der Waals surface area contributed by atoms with E-state index >= 15 is 0 Å². The van der Waals surface area contributed by atoms with Crippen molar-refractivity contribution in [1.82, 2.24) is 0 Å². The molecule has 0 radical (unpaired) electrons. The lowest BCUT2D eigenvalue weighted by atomic mass is 9.92. The van der Waals surface area contributed by atoms with E-state index in [9.17, 15) is 4.79 Å². The van der Waals surface area contributed by atoms with Crippen molar-refractivity contribution in [2.24, 2.45) is 5.92 Å². The Labute approximate surface area is 104 Å². The third kappa shape index (κ3) is 2.14. The fourth-order valence-electron chi connectivity index (χ4n) is 1.90. The van der Waals surface area contributed by atoms with Crippen LogP contribution in [0.4, 0.5) is 0 Å². The molecule has 86 valence electrons. The summed E-state index contributed by atoms with van der Waals surface area (Å²) < 4.78 is 6.83. The van der Waals surface area contributed by atoms with Crippen LogP contribution in [0.2, 0.25) is 0 Å². The highest BCUT2D eigenvalue weighted by molar-refractivity contribution is 9.10. The van der Waals surface area contributed by atoms with Gasteiger partial charge >= 0.3 is 0 Å². The van der Waals surface area contributed by atoms with Gasteiger partial charge in [0.2, 0.25) is 0 Å². The van der Waals surface area contributed by atoms with Gasteiger partial charge in [-0.15, -0.1) is 0 Å². The van der Waals surface area contributed by atoms with Gasteiger partial charge in [0, 0.05) is 10.9 Å². The highest BCUT2D eigenvalue weighted by Crippen LogP contribution is 2.33. The SMILES string of the molecule is CCC(C)C1CC(=O)c2ccc(Br)cc2O1. The first kappa shape index (κ1) is 11.6. The molecule has 0 aliphatic carbocycles. The molecule has 0 fully saturated rings. The van der Waals surface area contributed by atoms with E-state index in [1.165, 1.54) is 0 Å². The summed E-state index contributed by atoms with van der Waals surface area (Å²) >= 11 is 3.39. The lowest BCUT2D eigenvalue weighted by Gasteiger charge is -2.29. The Morgan fingerprint density at radius 1 is 1.56 bits per heavy atom. The number of halogens is 1. The summed E-state index contributed by atoms with van der Waals surface area (Å²) in [6.07, 6.45) is 1.56. The van der Waals surface area contributed by atoms with Crippen molar-refractivity contribution in [2.45, 2.75) is 32.8 Å². The molecule has 0 saturated heterocycles. The van der Waals surface area contributed by atoms with Gasteiger partial charge in [-0.25, -0.2) is 0 Å². The van der Waals surface area contributed by atoms with Crippen molar-refractivity contribution in [3.8, 4) is 5.75 Å². The molecule has 1 aromatic rings. The molecule has 1 aliphatic rings. The molecular weight excluding hydrogens is 268 g/mol. The van der Waals surface area contributed by atoms with E-state index in [-0.39, 0.29) is 11.9 Å². The van der Waals surface area contributed by atoms with Crippen LogP contribution in [-0.2, 0) is 0 Å². The number of Topliss-reactive ketones (excluding diaryl/α,β-unsaturated/α-hetero) is 1. The van der Waals surface area contributed by atoms with Gasteiger partial charge in [-0.2, -0.15) is 0 Å². The summed E-state index contributed by atoms with van der Waals surface area (Å²) in [6.45, 7) is 4.25. The van der Waals surface area contributed by atoms with Crippen LogP contribution in [0.25, 0.3) is 0 Å². The van der Waals surface area contributed by atoms with Gasteiger partial charge in [-0.05, 0) is 24.1 Å². The molecule has 2 rings (SSSR count). The average molecular weight is 283 g/mol. The van der Waals surface area contributed by atoms with Gasteiger partial charge in [-0.1, -0.05) is 36.2 Å². The highest BCUT2D eigenvalue weighted by atomic mass is 79.9. The molecule has 0 spiro atoms. The zero-order valence-corrected chi connectivity index (χ0v) is 11.1. The summed E-state index contributed by atoms with van der Waals surface area (Å²) in [6, 6.07) is 5.58. The molecule has 0 bridgehead atoms. The number of hydrogen-bond donors (Lipinski definition) is 0. The van der Waals surface area contributed by atoms with Gasteiger partial charge in [0.1, 0.15) is 11.9 Å². The van der Waals surface area contributed by atoms with E-state index in [1.807, 2.05) is 18.2 Å². The molecule has 1 aliphatic heterocycles. The molecular formula is C13H15BrO2. The molecule has 2 unspecified atom stereocenters. The Bertz CT molecular complexity index is 414. The van der Waals surface area contributed by atoms with Gasteiger partial charge in [0.25, 0.3) is 0 Å². The number of benzene rings is 1.